The Morgan fingerprint density at radius 1 is 0.979 bits per heavy atom. The Kier molecular flexibility index (Phi) is 10.9. The van der Waals surface area contributed by atoms with E-state index in [0.29, 0.717) is 38.3 Å². The number of benzene rings is 3. The molecule has 0 spiro atoms. The molecule has 0 bridgehead atoms. The maximum Gasteiger partial charge on any atom is 0.336 e. The predicted molar refractivity (Wildman–Crippen MR) is 174 cm³/mol. The number of hydrogen-bond donors (Lipinski definition) is 1. The Morgan fingerprint density at radius 2 is 1.58 bits per heavy atom. The first-order valence-electron chi connectivity index (χ1n) is 15.7. The smallest absolute Gasteiger partial charge is 0.336 e. The number of halogens is 2. The number of allylic oxidation sites excluding steroid dienone is 1. The van der Waals surface area contributed by atoms with E-state index in [0.717, 1.165) is 11.1 Å². The normalized spacial score (nSPS) is 18.8. The highest BCUT2D eigenvalue weighted by atomic mass is 19.1. The average Bonchev–Trinajstić information content (AvgIpc) is 3.07. The highest BCUT2D eigenvalue weighted by molar-refractivity contribution is 6.06. The van der Waals surface area contributed by atoms with Crippen molar-refractivity contribution in [2.24, 2.45) is 16.6 Å². The quantitative estimate of drug-likeness (QED) is 0.175. The van der Waals surface area contributed by atoms with Crippen LogP contribution in [0.5, 0.6) is 0 Å². The standard InChI is InChI=1S/C35H37F2N5O6/c1-3-47-35(44)31-30(25-5-4-6-28(21-25)42(45)46)29(22(2)39-33(31)38)34(43)48-20-19-40-15-17-41(18-16-40)32(23-7-11-26(36)12-8-23)24-9-13-27(37)14-10-24/h4-14,21,30-32H,3,15-20H2,1-2H3,(H2,38,39). The molecule has 2 aliphatic rings. The lowest BCUT2D eigenvalue weighted by Crippen LogP contribution is -2.48. The van der Waals surface area contributed by atoms with E-state index in [-0.39, 0.29) is 53.7 Å². The van der Waals surface area contributed by atoms with E-state index in [1.807, 2.05) is 0 Å². The summed E-state index contributed by atoms with van der Waals surface area (Å²) in [4.78, 5) is 46.3. The minimum Gasteiger partial charge on any atom is -0.465 e. The number of nitro benzene ring substituents is 1. The zero-order valence-corrected chi connectivity index (χ0v) is 26.7. The number of carbonyl (C=O) groups excluding carboxylic acids is 2. The van der Waals surface area contributed by atoms with Crippen molar-refractivity contribution < 1.29 is 32.8 Å². The summed E-state index contributed by atoms with van der Waals surface area (Å²) in [6, 6.07) is 18.1. The summed E-state index contributed by atoms with van der Waals surface area (Å²) < 4.78 is 38.4. The molecule has 11 nitrogen and oxygen atoms in total. The number of aliphatic imine (C=N–C) groups is 1. The van der Waals surface area contributed by atoms with E-state index in [1.165, 1.54) is 42.5 Å². The van der Waals surface area contributed by atoms with E-state index in [9.17, 15) is 28.5 Å². The SMILES string of the molecule is CCOC(=O)C1C(N)=NC(C)=C(C(=O)OCCN2CCN(C(c3ccc(F)cc3)c3ccc(F)cc3)CC2)C1c1cccc([N+](=O)[O-])c1. The molecule has 3 aromatic rings. The van der Waals surface area contributed by atoms with Crippen molar-refractivity contribution >= 4 is 23.5 Å². The summed E-state index contributed by atoms with van der Waals surface area (Å²) in [5, 5.41) is 11.5. The summed E-state index contributed by atoms with van der Waals surface area (Å²) in [7, 11) is 0. The van der Waals surface area contributed by atoms with Crippen LogP contribution in [-0.4, -0.2) is 78.4 Å². The third-order valence-corrected chi connectivity index (χ3v) is 8.63. The molecule has 2 heterocycles. The summed E-state index contributed by atoms with van der Waals surface area (Å²) >= 11 is 0. The molecule has 13 heteroatoms. The van der Waals surface area contributed by atoms with E-state index >= 15 is 0 Å². The largest absolute Gasteiger partial charge is 0.465 e. The Bertz CT molecular complexity index is 1660. The monoisotopic (exact) mass is 661 g/mol. The number of ether oxygens (including phenoxy) is 2. The van der Waals surface area contributed by atoms with Gasteiger partial charge in [-0.15, -0.1) is 0 Å². The van der Waals surface area contributed by atoms with Gasteiger partial charge in [0.2, 0.25) is 0 Å². The predicted octanol–water partition coefficient (Wildman–Crippen LogP) is 4.73. The first-order valence-corrected chi connectivity index (χ1v) is 15.7. The third-order valence-electron chi connectivity index (χ3n) is 8.63. The Morgan fingerprint density at radius 3 is 2.15 bits per heavy atom. The Balaban J connectivity index is 1.27. The lowest BCUT2D eigenvalue weighted by atomic mass is 9.77. The van der Waals surface area contributed by atoms with Crippen LogP contribution in [0, 0.1) is 27.7 Å². The van der Waals surface area contributed by atoms with Crippen LogP contribution in [0.15, 0.2) is 89.1 Å². The third kappa shape index (κ3) is 7.75. The van der Waals surface area contributed by atoms with Crippen molar-refractivity contribution in [3.63, 3.8) is 0 Å². The first kappa shape index (κ1) is 34.3. The average molecular weight is 662 g/mol. The van der Waals surface area contributed by atoms with Gasteiger partial charge in [-0.2, -0.15) is 0 Å². The number of piperazine rings is 1. The van der Waals surface area contributed by atoms with Gasteiger partial charge in [-0.25, -0.2) is 18.6 Å². The fourth-order valence-corrected chi connectivity index (χ4v) is 6.33. The number of nitrogens with two attached hydrogens (primary N) is 1. The minimum absolute atomic E-state index is 0.0416. The van der Waals surface area contributed by atoms with E-state index in [4.69, 9.17) is 15.2 Å². The van der Waals surface area contributed by atoms with Gasteiger partial charge in [0.05, 0.1) is 28.8 Å². The lowest BCUT2D eigenvalue weighted by Gasteiger charge is -2.39. The Labute approximate surface area is 276 Å². The van der Waals surface area contributed by atoms with Gasteiger partial charge in [0.1, 0.15) is 30.0 Å². The molecule has 2 atom stereocenters. The van der Waals surface area contributed by atoms with Gasteiger partial charge in [-0.3, -0.25) is 24.7 Å². The number of nitrogens with zero attached hydrogens (tertiary/aromatic N) is 4. The highest BCUT2D eigenvalue weighted by Crippen LogP contribution is 2.40. The van der Waals surface area contributed by atoms with Gasteiger partial charge in [0.25, 0.3) is 5.69 Å². The maximum absolute atomic E-state index is 13.7. The molecule has 1 fully saturated rings. The van der Waals surface area contributed by atoms with E-state index in [2.05, 4.69) is 14.8 Å². The number of rotatable bonds is 11. The van der Waals surface area contributed by atoms with Crippen molar-refractivity contribution in [2.45, 2.75) is 25.8 Å². The number of non-ortho nitro benzene ring substituents is 1. The number of carbonyl (C=O) groups is 2. The van der Waals surface area contributed by atoms with Gasteiger partial charge in [0, 0.05) is 50.8 Å². The van der Waals surface area contributed by atoms with Crippen LogP contribution in [-0.2, 0) is 19.1 Å². The number of esters is 2. The van der Waals surface area contributed by atoms with Crippen LogP contribution < -0.4 is 5.73 Å². The van der Waals surface area contributed by atoms with Gasteiger partial charge in [0.15, 0.2) is 0 Å². The minimum atomic E-state index is -1.18. The molecule has 2 unspecified atom stereocenters. The first-order chi connectivity index (χ1) is 23.1. The highest BCUT2D eigenvalue weighted by Gasteiger charge is 2.43. The van der Waals surface area contributed by atoms with Crippen LogP contribution in [0.25, 0.3) is 0 Å². The van der Waals surface area contributed by atoms with Crippen LogP contribution in [0.1, 0.15) is 42.5 Å². The number of nitro groups is 1. The lowest BCUT2D eigenvalue weighted by molar-refractivity contribution is -0.384. The summed E-state index contributed by atoms with van der Waals surface area (Å²) in [5.41, 5.74) is 8.43. The summed E-state index contributed by atoms with van der Waals surface area (Å²) in [6.07, 6.45) is 0. The zero-order valence-electron chi connectivity index (χ0n) is 26.7. The van der Waals surface area contributed by atoms with Crippen molar-refractivity contribution in [1.82, 2.24) is 9.80 Å². The molecule has 0 aromatic heterocycles. The molecular formula is C35H37F2N5O6. The molecule has 2 aliphatic heterocycles. The van der Waals surface area contributed by atoms with Crippen LogP contribution in [0.4, 0.5) is 14.5 Å². The molecule has 48 heavy (non-hydrogen) atoms. The molecular weight excluding hydrogens is 624 g/mol. The molecule has 2 N–H and O–H groups in total. The molecule has 0 radical (unpaired) electrons. The number of hydrogen-bond acceptors (Lipinski definition) is 10. The second kappa shape index (κ2) is 15.3. The molecule has 252 valence electrons. The van der Waals surface area contributed by atoms with Crippen molar-refractivity contribution in [2.75, 3.05) is 45.9 Å². The van der Waals surface area contributed by atoms with Gasteiger partial charge >= 0.3 is 11.9 Å². The van der Waals surface area contributed by atoms with Crippen LogP contribution >= 0.6 is 0 Å². The van der Waals surface area contributed by atoms with Crippen molar-refractivity contribution in [3.8, 4) is 0 Å². The topological polar surface area (TPSA) is 141 Å². The maximum atomic E-state index is 13.7. The van der Waals surface area contributed by atoms with Gasteiger partial charge < -0.3 is 15.2 Å². The summed E-state index contributed by atoms with van der Waals surface area (Å²) in [5.74, 6) is -4.33. The molecule has 0 amide bonds. The summed E-state index contributed by atoms with van der Waals surface area (Å²) in [6.45, 7) is 6.36. The van der Waals surface area contributed by atoms with Gasteiger partial charge in [-0.1, -0.05) is 36.4 Å². The molecule has 3 aromatic carbocycles. The second-order valence-corrected chi connectivity index (χ2v) is 11.6. The molecule has 0 aliphatic carbocycles. The number of amidine groups is 1. The fourth-order valence-electron chi connectivity index (χ4n) is 6.33. The van der Waals surface area contributed by atoms with E-state index in [1.54, 1.807) is 44.2 Å². The van der Waals surface area contributed by atoms with Crippen molar-refractivity contribution in [1.29, 1.82) is 0 Å². The zero-order chi connectivity index (χ0) is 34.4. The molecule has 5 rings (SSSR count). The van der Waals surface area contributed by atoms with Crippen LogP contribution in [0.3, 0.4) is 0 Å². The molecule has 1 saturated heterocycles. The van der Waals surface area contributed by atoms with Crippen molar-refractivity contribution in [3.05, 3.63) is 123 Å². The molecule has 0 saturated carbocycles. The Hall–Kier alpha value is -5.01. The van der Waals surface area contributed by atoms with E-state index < -0.39 is 28.7 Å². The second-order valence-electron chi connectivity index (χ2n) is 11.6. The van der Waals surface area contributed by atoms with Crippen LogP contribution in [0.2, 0.25) is 0 Å². The fraction of sp³-hybridized carbons (Fsp3) is 0.343. The van der Waals surface area contributed by atoms with Gasteiger partial charge in [-0.05, 0) is 54.8 Å².